The second-order valence-corrected chi connectivity index (χ2v) is 2.52. The van der Waals surface area contributed by atoms with Crippen LogP contribution in [0.25, 0.3) is 0 Å². The monoisotopic (exact) mass is 171 g/mol. The van der Waals surface area contributed by atoms with Gasteiger partial charge in [-0.2, -0.15) is 5.26 Å². The van der Waals surface area contributed by atoms with Crippen molar-refractivity contribution in [3.8, 4) is 18.4 Å². The van der Waals surface area contributed by atoms with Crippen molar-refractivity contribution in [3.05, 3.63) is 23.4 Å². The maximum atomic E-state index is 8.73. The topological polar surface area (TPSA) is 48.7 Å². The molecule has 3 nitrogen and oxygen atoms in total. The standard InChI is InChI=1S/C10H9N3/c1-3-6-12-10-9(7-11)5-4-8(2)13-10/h1,4-5H,6H2,2H3,(H,12,13). The Kier molecular flexibility index (Phi) is 2.89. The molecule has 0 saturated heterocycles. The predicted molar refractivity (Wildman–Crippen MR) is 51.0 cm³/mol. The smallest absolute Gasteiger partial charge is 0.144 e. The molecule has 0 aromatic carbocycles. The first kappa shape index (κ1) is 9.09. The van der Waals surface area contributed by atoms with E-state index in [1.165, 1.54) is 0 Å². The van der Waals surface area contributed by atoms with Crippen LogP contribution in [-0.2, 0) is 0 Å². The molecule has 0 saturated carbocycles. The Hall–Kier alpha value is -2.00. The van der Waals surface area contributed by atoms with E-state index in [1.54, 1.807) is 12.1 Å². The third-order valence-electron chi connectivity index (χ3n) is 1.51. The molecule has 0 radical (unpaired) electrons. The van der Waals surface area contributed by atoms with Crippen LogP contribution >= 0.6 is 0 Å². The van der Waals surface area contributed by atoms with E-state index in [9.17, 15) is 0 Å². The lowest BCUT2D eigenvalue weighted by atomic mass is 10.2. The molecule has 0 fully saturated rings. The van der Waals surface area contributed by atoms with E-state index in [0.29, 0.717) is 17.9 Å². The van der Waals surface area contributed by atoms with Crippen molar-refractivity contribution in [2.45, 2.75) is 6.92 Å². The van der Waals surface area contributed by atoms with E-state index in [2.05, 4.69) is 16.2 Å². The third-order valence-corrected chi connectivity index (χ3v) is 1.51. The zero-order valence-electron chi connectivity index (χ0n) is 7.33. The van der Waals surface area contributed by atoms with Gasteiger partial charge in [-0.05, 0) is 19.1 Å². The Labute approximate surface area is 77.4 Å². The number of terminal acetylenes is 1. The summed E-state index contributed by atoms with van der Waals surface area (Å²) in [5.41, 5.74) is 1.37. The summed E-state index contributed by atoms with van der Waals surface area (Å²) in [7, 11) is 0. The van der Waals surface area contributed by atoms with Crippen molar-refractivity contribution < 1.29 is 0 Å². The molecule has 3 heteroatoms. The van der Waals surface area contributed by atoms with Gasteiger partial charge in [0, 0.05) is 5.69 Å². The summed E-state index contributed by atoms with van der Waals surface area (Å²) in [6.45, 7) is 2.24. The summed E-state index contributed by atoms with van der Waals surface area (Å²) in [4.78, 5) is 4.15. The second-order valence-electron chi connectivity index (χ2n) is 2.52. The van der Waals surface area contributed by atoms with Crippen LogP contribution in [0.3, 0.4) is 0 Å². The van der Waals surface area contributed by atoms with Crippen molar-refractivity contribution in [3.63, 3.8) is 0 Å². The van der Waals surface area contributed by atoms with E-state index >= 15 is 0 Å². The molecule has 0 amide bonds. The molecule has 0 aliphatic rings. The number of hydrogen-bond donors (Lipinski definition) is 1. The summed E-state index contributed by atoms with van der Waals surface area (Å²) < 4.78 is 0. The fourth-order valence-corrected chi connectivity index (χ4v) is 0.916. The van der Waals surface area contributed by atoms with Crippen molar-refractivity contribution in [2.24, 2.45) is 0 Å². The van der Waals surface area contributed by atoms with Gasteiger partial charge < -0.3 is 5.32 Å². The van der Waals surface area contributed by atoms with Crippen molar-refractivity contribution in [1.82, 2.24) is 4.98 Å². The third kappa shape index (κ3) is 2.21. The number of aryl methyl sites for hydroxylation is 1. The van der Waals surface area contributed by atoms with Gasteiger partial charge in [-0.1, -0.05) is 5.92 Å². The molecule has 13 heavy (non-hydrogen) atoms. The molecule has 0 aliphatic heterocycles. The fraction of sp³-hybridized carbons (Fsp3) is 0.200. The molecule has 0 atom stereocenters. The quantitative estimate of drug-likeness (QED) is 0.682. The molecule has 64 valence electrons. The number of aromatic nitrogens is 1. The maximum absolute atomic E-state index is 8.73. The van der Waals surface area contributed by atoms with E-state index in [4.69, 9.17) is 11.7 Å². The minimum absolute atomic E-state index is 0.380. The van der Waals surface area contributed by atoms with E-state index in [-0.39, 0.29) is 0 Å². The second kappa shape index (κ2) is 4.13. The molecule has 0 spiro atoms. The molecular weight excluding hydrogens is 162 g/mol. The van der Waals surface area contributed by atoms with Crippen LogP contribution in [0.4, 0.5) is 5.82 Å². The molecule has 1 aromatic rings. The number of nitrogens with one attached hydrogen (secondary N) is 1. The molecule has 1 aromatic heterocycles. The Morgan fingerprint density at radius 1 is 1.62 bits per heavy atom. The number of anilines is 1. The molecule has 0 bridgehead atoms. The van der Waals surface area contributed by atoms with E-state index < -0.39 is 0 Å². The van der Waals surface area contributed by atoms with Crippen molar-refractivity contribution >= 4 is 5.82 Å². The summed E-state index contributed by atoms with van der Waals surface area (Å²) >= 11 is 0. The Bertz CT molecular complexity index is 382. The summed E-state index contributed by atoms with van der Waals surface area (Å²) in [6, 6.07) is 5.55. The lowest BCUT2D eigenvalue weighted by molar-refractivity contribution is 1.16. The highest BCUT2D eigenvalue weighted by Crippen LogP contribution is 2.11. The molecule has 1 heterocycles. The van der Waals surface area contributed by atoms with Gasteiger partial charge in [0.1, 0.15) is 11.9 Å². The average Bonchev–Trinajstić information content (AvgIpc) is 2.15. The van der Waals surface area contributed by atoms with Crippen LogP contribution in [0.5, 0.6) is 0 Å². The van der Waals surface area contributed by atoms with Gasteiger partial charge in [0.25, 0.3) is 0 Å². The van der Waals surface area contributed by atoms with Gasteiger partial charge >= 0.3 is 0 Å². The Morgan fingerprint density at radius 2 is 2.38 bits per heavy atom. The van der Waals surface area contributed by atoms with Crippen LogP contribution in [0.2, 0.25) is 0 Å². The summed E-state index contributed by atoms with van der Waals surface area (Å²) in [5.74, 6) is 2.98. The summed E-state index contributed by atoms with van der Waals surface area (Å²) in [6.07, 6.45) is 5.08. The Morgan fingerprint density at radius 3 is 3.00 bits per heavy atom. The van der Waals surface area contributed by atoms with Gasteiger partial charge in [0.05, 0.1) is 12.1 Å². The lowest BCUT2D eigenvalue weighted by Gasteiger charge is -2.03. The minimum Gasteiger partial charge on any atom is -0.358 e. The highest BCUT2D eigenvalue weighted by atomic mass is 15.0. The molecule has 0 unspecified atom stereocenters. The van der Waals surface area contributed by atoms with Gasteiger partial charge in [0.15, 0.2) is 0 Å². The highest BCUT2D eigenvalue weighted by Gasteiger charge is 2.01. The van der Waals surface area contributed by atoms with Crippen LogP contribution in [0, 0.1) is 30.6 Å². The minimum atomic E-state index is 0.380. The van der Waals surface area contributed by atoms with Crippen LogP contribution < -0.4 is 5.32 Å². The first-order chi connectivity index (χ1) is 6.27. The average molecular weight is 171 g/mol. The number of rotatable bonds is 2. The number of nitrogens with zero attached hydrogens (tertiary/aromatic N) is 2. The van der Waals surface area contributed by atoms with E-state index in [0.717, 1.165) is 5.69 Å². The largest absolute Gasteiger partial charge is 0.358 e. The number of nitriles is 1. The zero-order chi connectivity index (χ0) is 9.68. The molecule has 1 rings (SSSR count). The first-order valence-electron chi connectivity index (χ1n) is 3.83. The van der Waals surface area contributed by atoms with Crippen LogP contribution in [0.15, 0.2) is 12.1 Å². The van der Waals surface area contributed by atoms with Crippen molar-refractivity contribution in [2.75, 3.05) is 11.9 Å². The van der Waals surface area contributed by atoms with Crippen molar-refractivity contribution in [1.29, 1.82) is 5.26 Å². The maximum Gasteiger partial charge on any atom is 0.144 e. The molecule has 0 aliphatic carbocycles. The summed E-state index contributed by atoms with van der Waals surface area (Å²) in [5, 5.41) is 11.6. The Balaban J connectivity index is 2.97. The van der Waals surface area contributed by atoms with Crippen LogP contribution in [0.1, 0.15) is 11.3 Å². The highest BCUT2D eigenvalue weighted by molar-refractivity contribution is 5.52. The zero-order valence-corrected chi connectivity index (χ0v) is 7.33. The fourth-order valence-electron chi connectivity index (χ4n) is 0.916. The van der Waals surface area contributed by atoms with Gasteiger partial charge in [-0.15, -0.1) is 6.42 Å². The number of hydrogen-bond acceptors (Lipinski definition) is 3. The lowest BCUT2D eigenvalue weighted by Crippen LogP contribution is -2.03. The van der Waals surface area contributed by atoms with E-state index in [1.807, 2.05) is 13.0 Å². The molecular formula is C10H9N3. The normalized spacial score (nSPS) is 8.54. The van der Waals surface area contributed by atoms with Crippen LogP contribution in [-0.4, -0.2) is 11.5 Å². The van der Waals surface area contributed by atoms with Gasteiger partial charge in [-0.25, -0.2) is 4.98 Å². The molecule has 1 N–H and O–H groups in total. The van der Waals surface area contributed by atoms with Gasteiger partial charge in [-0.3, -0.25) is 0 Å². The number of pyridine rings is 1. The SMILES string of the molecule is C#CCNc1nc(C)ccc1C#N. The van der Waals surface area contributed by atoms with Gasteiger partial charge in [0.2, 0.25) is 0 Å². The predicted octanol–water partition coefficient (Wildman–Crippen LogP) is 1.31. The first-order valence-corrected chi connectivity index (χ1v) is 3.83.